The lowest BCUT2D eigenvalue weighted by Gasteiger charge is -2.18. The molecule has 0 spiro atoms. The van der Waals surface area contributed by atoms with Crippen LogP contribution < -0.4 is 10.9 Å². The van der Waals surface area contributed by atoms with Gasteiger partial charge in [0.25, 0.3) is 11.5 Å². The Labute approximate surface area is 133 Å². The number of benzene rings is 1. The van der Waals surface area contributed by atoms with Gasteiger partial charge in [0.15, 0.2) is 0 Å². The van der Waals surface area contributed by atoms with Gasteiger partial charge in [-0.25, -0.2) is 4.98 Å². The molecule has 2 aromatic rings. The Kier molecular flexibility index (Phi) is 3.61. The second kappa shape index (κ2) is 5.77. The number of amides is 1. The molecule has 4 rings (SSSR count). The molecule has 120 valence electrons. The number of aromatic nitrogens is 2. The smallest absolute Gasteiger partial charge is 0.261 e. The van der Waals surface area contributed by atoms with E-state index in [1.54, 1.807) is 22.8 Å². The van der Waals surface area contributed by atoms with Crippen molar-refractivity contribution < 1.29 is 9.53 Å². The van der Waals surface area contributed by atoms with Crippen LogP contribution in [0.15, 0.2) is 23.0 Å². The number of aryl methyl sites for hydroxylation is 1. The van der Waals surface area contributed by atoms with Crippen LogP contribution in [0, 0.1) is 0 Å². The van der Waals surface area contributed by atoms with Gasteiger partial charge in [-0.1, -0.05) is 0 Å². The van der Waals surface area contributed by atoms with Gasteiger partial charge in [0.1, 0.15) is 11.9 Å². The summed E-state index contributed by atoms with van der Waals surface area (Å²) in [7, 11) is 0. The molecule has 2 aliphatic heterocycles. The lowest BCUT2D eigenvalue weighted by molar-refractivity contribution is -0.124. The van der Waals surface area contributed by atoms with Crippen LogP contribution in [0.25, 0.3) is 10.9 Å². The van der Waals surface area contributed by atoms with Crippen LogP contribution in [-0.2, 0) is 22.5 Å². The van der Waals surface area contributed by atoms with Gasteiger partial charge in [0.05, 0.1) is 10.9 Å². The number of carbonyl (C=O) groups is 1. The van der Waals surface area contributed by atoms with Crippen molar-refractivity contribution in [2.45, 2.75) is 44.8 Å². The van der Waals surface area contributed by atoms with E-state index >= 15 is 0 Å². The molecular weight excluding hydrogens is 294 g/mol. The summed E-state index contributed by atoms with van der Waals surface area (Å²) in [5, 5.41) is 3.40. The average Bonchev–Trinajstić information content (AvgIpc) is 3.10. The molecule has 0 saturated carbocycles. The quantitative estimate of drug-likeness (QED) is 0.918. The van der Waals surface area contributed by atoms with Crippen LogP contribution in [-0.4, -0.2) is 28.2 Å². The van der Waals surface area contributed by atoms with Gasteiger partial charge in [0, 0.05) is 25.3 Å². The van der Waals surface area contributed by atoms with Gasteiger partial charge in [-0.3, -0.25) is 14.2 Å². The molecule has 0 bridgehead atoms. The van der Waals surface area contributed by atoms with E-state index in [4.69, 9.17) is 4.74 Å². The molecule has 1 unspecified atom stereocenters. The van der Waals surface area contributed by atoms with Gasteiger partial charge in [-0.15, -0.1) is 0 Å². The Morgan fingerprint density at radius 3 is 3.04 bits per heavy atom. The number of fused-ring (bicyclic) bond motifs is 2. The van der Waals surface area contributed by atoms with Crippen molar-refractivity contribution in [1.82, 2.24) is 9.55 Å². The van der Waals surface area contributed by atoms with Gasteiger partial charge in [-0.05, 0) is 43.9 Å². The van der Waals surface area contributed by atoms with Gasteiger partial charge in [-0.2, -0.15) is 0 Å². The molecule has 1 aromatic heterocycles. The van der Waals surface area contributed by atoms with Crippen LogP contribution in [0.4, 0.5) is 5.69 Å². The highest BCUT2D eigenvalue weighted by molar-refractivity contribution is 5.96. The molecule has 1 fully saturated rings. The summed E-state index contributed by atoms with van der Waals surface area (Å²) in [6.07, 6.45) is 4.21. The van der Waals surface area contributed by atoms with Crippen molar-refractivity contribution in [2.75, 3.05) is 11.9 Å². The van der Waals surface area contributed by atoms with Crippen molar-refractivity contribution in [3.63, 3.8) is 0 Å². The van der Waals surface area contributed by atoms with E-state index in [1.807, 2.05) is 0 Å². The minimum Gasteiger partial charge on any atom is -0.368 e. The monoisotopic (exact) mass is 313 g/mol. The first kappa shape index (κ1) is 14.4. The Morgan fingerprint density at radius 1 is 1.30 bits per heavy atom. The standard InChI is InChI=1S/C17H19N3O3/c21-16(14-4-3-9-23-14)18-11-6-7-13-12(10-11)17(22)20-8-2-1-5-15(20)19-13/h6-7,10,14H,1-5,8-9H2,(H,18,21). The van der Waals surface area contributed by atoms with Crippen LogP contribution in [0.3, 0.4) is 0 Å². The minimum absolute atomic E-state index is 0.0158. The zero-order valence-corrected chi connectivity index (χ0v) is 12.9. The molecule has 0 radical (unpaired) electrons. The Morgan fingerprint density at radius 2 is 2.22 bits per heavy atom. The van der Waals surface area contributed by atoms with Crippen molar-refractivity contribution in [2.24, 2.45) is 0 Å². The highest BCUT2D eigenvalue weighted by atomic mass is 16.5. The third-order valence-electron chi connectivity index (χ3n) is 4.55. The maximum atomic E-state index is 12.7. The lowest BCUT2D eigenvalue weighted by atomic mass is 10.1. The van der Waals surface area contributed by atoms with E-state index in [1.165, 1.54) is 0 Å². The van der Waals surface area contributed by atoms with Crippen molar-refractivity contribution in [1.29, 1.82) is 0 Å². The first-order valence-corrected chi connectivity index (χ1v) is 8.18. The fourth-order valence-corrected chi connectivity index (χ4v) is 3.33. The molecule has 1 saturated heterocycles. The van der Waals surface area contributed by atoms with Crippen LogP contribution >= 0.6 is 0 Å². The van der Waals surface area contributed by atoms with Gasteiger partial charge in [0.2, 0.25) is 0 Å². The molecule has 23 heavy (non-hydrogen) atoms. The van der Waals surface area contributed by atoms with Crippen LogP contribution in [0.2, 0.25) is 0 Å². The number of nitrogens with zero attached hydrogens (tertiary/aromatic N) is 2. The molecule has 1 N–H and O–H groups in total. The number of anilines is 1. The number of hydrogen-bond donors (Lipinski definition) is 1. The summed E-state index contributed by atoms with van der Waals surface area (Å²) >= 11 is 0. The third kappa shape index (κ3) is 2.63. The molecule has 0 aliphatic carbocycles. The molecule has 6 heteroatoms. The predicted molar refractivity (Wildman–Crippen MR) is 86.5 cm³/mol. The first-order chi connectivity index (χ1) is 11.2. The lowest BCUT2D eigenvalue weighted by Crippen LogP contribution is -2.29. The zero-order chi connectivity index (χ0) is 15.8. The molecule has 1 amide bonds. The normalized spacial score (nSPS) is 20.4. The number of hydrogen-bond acceptors (Lipinski definition) is 4. The Hall–Kier alpha value is -2.21. The highest BCUT2D eigenvalue weighted by Crippen LogP contribution is 2.20. The number of nitrogens with one attached hydrogen (secondary N) is 1. The predicted octanol–water partition coefficient (Wildman–Crippen LogP) is 1.85. The fourth-order valence-electron chi connectivity index (χ4n) is 3.33. The molecular formula is C17H19N3O3. The zero-order valence-electron chi connectivity index (χ0n) is 12.9. The third-order valence-corrected chi connectivity index (χ3v) is 4.55. The van der Waals surface area contributed by atoms with Crippen molar-refractivity contribution in [3.05, 3.63) is 34.4 Å². The number of ether oxygens (including phenoxy) is 1. The molecule has 6 nitrogen and oxygen atoms in total. The number of carbonyl (C=O) groups excluding carboxylic acids is 1. The van der Waals surface area contributed by atoms with E-state index < -0.39 is 0 Å². The van der Waals surface area contributed by atoms with E-state index in [-0.39, 0.29) is 17.6 Å². The van der Waals surface area contributed by atoms with Crippen LogP contribution in [0.1, 0.15) is 31.5 Å². The SMILES string of the molecule is O=C(Nc1ccc2nc3n(c(=O)c2c1)CCCC3)C1CCCO1. The summed E-state index contributed by atoms with van der Waals surface area (Å²) in [5.74, 6) is 0.720. The summed E-state index contributed by atoms with van der Waals surface area (Å²) in [6.45, 7) is 1.36. The fraction of sp³-hybridized carbons (Fsp3) is 0.471. The molecule has 1 aromatic carbocycles. The van der Waals surface area contributed by atoms with Crippen molar-refractivity contribution in [3.8, 4) is 0 Å². The summed E-state index contributed by atoms with van der Waals surface area (Å²) in [4.78, 5) is 29.4. The first-order valence-electron chi connectivity index (χ1n) is 8.18. The second-order valence-electron chi connectivity index (χ2n) is 6.16. The molecule has 2 aliphatic rings. The average molecular weight is 313 g/mol. The number of rotatable bonds is 2. The van der Waals surface area contributed by atoms with E-state index in [0.29, 0.717) is 23.2 Å². The van der Waals surface area contributed by atoms with Gasteiger partial charge >= 0.3 is 0 Å². The topological polar surface area (TPSA) is 73.2 Å². The Bertz CT molecular complexity index is 822. The second-order valence-corrected chi connectivity index (χ2v) is 6.16. The minimum atomic E-state index is -0.381. The van der Waals surface area contributed by atoms with E-state index in [9.17, 15) is 9.59 Å². The largest absolute Gasteiger partial charge is 0.368 e. The maximum Gasteiger partial charge on any atom is 0.261 e. The van der Waals surface area contributed by atoms with E-state index in [2.05, 4.69) is 10.3 Å². The molecule has 1 atom stereocenters. The Balaban J connectivity index is 1.68. The highest BCUT2D eigenvalue weighted by Gasteiger charge is 2.23. The maximum absolute atomic E-state index is 12.7. The summed E-state index contributed by atoms with van der Waals surface area (Å²) < 4.78 is 7.14. The molecule has 3 heterocycles. The van der Waals surface area contributed by atoms with Crippen LogP contribution in [0.5, 0.6) is 0 Å². The van der Waals surface area contributed by atoms with E-state index in [0.717, 1.165) is 44.5 Å². The summed E-state index contributed by atoms with van der Waals surface area (Å²) in [6, 6.07) is 5.32. The summed E-state index contributed by atoms with van der Waals surface area (Å²) in [5.41, 5.74) is 1.30. The van der Waals surface area contributed by atoms with Crippen molar-refractivity contribution >= 4 is 22.5 Å². The van der Waals surface area contributed by atoms with Gasteiger partial charge < -0.3 is 10.1 Å².